The second-order valence-corrected chi connectivity index (χ2v) is 7.15. The Balaban J connectivity index is 1.46. The van der Waals surface area contributed by atoms with E-state index in [9.17, 15) is 18.0 Å². The average molecular weight is 340 g/mol. The average Bonchev–Trinajstić information content (AvgIpc) is 2.48. The first-order valence-corrected chi connectivity index (χ1v) is 8.26. The van der Waals surface area contributed by atoms with Gasteiger partial charge in [-0.2, -0.15) is 0 Å². The minimum Gasteiger partial charge on any atom is -0.406 e. The fraction of sp³-hybridized carbons (Fsp3) is 0.588. The number of nitrogens with one attached hydrogen (secondary N) is 1. The standard InChI is InChI=1S/C17H19F3N2O2/c18-17(19,20)24-14-3-1-2-11(6-14)16(23)21-15-12-4-10-5-13(15)9-22(7-10)8-12/h1-3,6,10,12-13,15H,4-5,7-9H2,(H,21,23). The lowest BCUT2D eigenvalue weighted by atomic mass is 9.65. The molecule has 2 unspecified atom stereocenters. The molecule has 1 aliphatic carbocycles. The number of rotatable bonds is 3. The SMILES string of the molecule is O=C(NC1C2CC3CC1CN(C3)C2)c1cccc(OC(F)(F)F)c1. The van der Waals surface area contributed by atoms with Gasteiger partial charge in [0.1, 0.15) is 5.75 Å². The molecule has 130 valence electrons. The second-order valence-electron chi connectivity index (χ2n) is 7.15. The van der Waals surface area contributed by atoms with Crippen LogP contribution in [0, 0.1) is 17.8 Å². The maximum atomic E-state index is 12.5. The third-order valence-corrected chi connectivity index (χ3v) is 5.42. The zero-order valence-corrected chi connectivity index (χ0v) is 13.1. The normalized spacial score (nSPS) is 34.2. The van der Waals surface area contributed by atoms with E-state index in [1.54, 1.807) is 0 Å². The maximum Gasteiger partial charge on any atom is 0.573 e. The molecule has 3 aliphatic heterocycles. The van der Waals surface area contributed by atoms with Crippen LogP contribution in [-0.4, -0.2) is 42.8 Å². The largest absolute Gasteiger partial charge is 0.573 e. The molecule has 0 aromatic heterocycles. The first kappa shape index (κ1) is 15.7. The van der Waals surface area contributed by atoms with Crippen molar-refractivity contribution in [2.75, 3.05) is 19.6 Å². The number of amides is 1. The molecule has 3 saturated heterocycles. The van der Waals surface area contributed by atoms with E-state index in [1.165, 1.54) is 24.7 Å². The molecule has 0 radical (unpaired) electrons. The van der Waals surface area contributed by atoms with Gasteiger partial charge in [0.2, 0.25) is 0 Å². The van der Waals surface area contributed by atoms with E-state index in [1.807, 2.05) is 0 Å². The van der Waals surface area contributed by atoms with E-state index in [0.717, 1.165) is 37.9 Å². The van der Waals surface area contributed by atoms with Crippen LogP contribution in [0.15, 0.2) is 24.3 Å². The predicted molar refractivity (Wildman–Crippen MR) is 80.5 cm³/mol. The molecule has 4 nitrogen and oxygen atoms in total. The number of piperidine rings is 3. The number of halogens is 3. The van der Waals surface area contributed by atoms with Crippen LogP contribution in [-0.2, 0) is 0 Å². The molecular weight excluding hydrogens is 321 g/mol. The van der Waals surface area contributed by atoms with Crippen molar-refractivity contribution in [1.82, 2.24) is 10.2 Å². The van der Waals surface area contributed by atoms with Crippen molar-refractivity contribution >= 4 is 5.91 Å². The van der Waals surface area contributed by atoms with Crippen LogP contribution >= 0.6 is 0 Å². The van der Waals surface area contributed by atoms with Crippen molar-refractivity contribution < 1.29 is 22.7 Å². The second kappa shape index (κ2) is 5.65. The molecule has 1 amide bonds. The summed E-state index contributed by atoms with van der Waals surface area (Å²) in [5, 5.41) is 3.07. The van der Waals surface area contributed by atoms with Gasteiger partial charge in [0.15, 0.2) is 0 Å². The number of benzene rings is 1. The highest BCUT2D eigenvalue weighted by Gasteiger charge is 2.47. The summed E-state index contributed by atoms with van der Waals surface area (Å²) in [4.78, 5) is 15.0. The van der Waals surface area contributed by atoms with Gasteiger partial charge >= 0.3 is 6.36 Å². The Bertz CT molecular complexity index is 619. The van der Waals surface area contributed by atoms with Crippen molar-refractivity contribution in [2.24, 2.45) is 17.8 Å². The Morgan fingerprint density at radius 2 is 1.88 bits per heavy atom. The lowest BCUT2D eigenvalue weighted by Gasteiger charge is -2.55. The van der Waals surface area contributed by atoms with Crippen LogP contribution < -0.4 is 10.1 Å². The van der Waals surface area contributed by atoms with Gasteiger partial charge in [0.25, 0.3) is 5.91 Å². The number of hydrogen-bond acceptors (Lipinski definition) is 3. The zero-order chi connectivity index (χ0) is 16.9. The molecule has 7 heteroatoms. The lowest BCUT2D eigenvalue weighted by molar-refractivity contribution is -0.274. The van der Waals surface area contributed by atoms with Crippen LogP contribution in [0.5, 0.6) is 5.75 Å². The number of hydrogen-bond donors (Lipinski definition) is 1. The first-order chi connectivity index (χ1) is 11.4. The Hall–Kier alpha value is -1.76. The molecule has 1 aromatic carbocycles. The maximum absolute atomic E-state index is 12.5. The molecule has 24 heavy (non-hydrogen) atoms. The highest BCUT2D eigenvalue weighted by Crippen LogP contribution is 2.43. The van der Waals surface area contributed by atoms with E-state index in [0.29, 0.717) is 11.8 Å². The molecular formula is C17H19F3N2O2. The van der Waals surface area contributed by atoms with Crippen molar-refractivity contribution in [2.45, 2.75) is 25.2 Å². The molecule has 4 aliphatic rings. The number of carbonyl (C=O) groups is 1. The summed E-state index contributed by atoms with van der Waals surface area (Å²) in [6.07, 6.45) is -2.49. The van der Waals surface area contributed by atoms with Crippen molar-refractivity contribution in [3.05, 3.63) is 29.8 Å². The Kier molecular flexibility index (Phi) is 3.71. The van der Waals surface area contributed by atoms with Gasteiger partial charge in [-0.25, -0.2) is 0 Å². The third-order valence-electron chi connectivity index (χ3n) is 5.42. The summed E-state index contributed by atoms with van der Waals surface area (Å²) in [6, 6.07) is 5.37. The fourth-order valence-corrected chi connectivity index (χ4v) is 4.71. The van der Waals surface area contributed by atoms with Gasteiger partial charge < -0.3 is 15.0 Å². The minimum absolute atomic E-state index is 0.123. The van der Waals surface area contributed by atoms with Gasteiger partial charge in [0.05, 0.1) is 0 Å². The van der Waals surface area contributed by atoms with Crippen LogP contribution in [0.2, 0.25) is 0 Å². The van der Waals surface area contributed by atoms with E-state index in [4.69, 9.17) is 0 Å². The number of alkyl halides is 3. The summed E-state index contributed by atoms with van der Waals surface area (Å²) in [5.41, 5.74) is 0.200. The topological polar surface area (TPSA) is 41.6 Å². The summed E-state index contributed by atoms with van der Waals surface area (Å²) in [5.74, 6) is 0.949. The molecule has 4 bridgehead atoms. The highest BCUT2D eigenvalue weighted by molar-refractivity contribution is 5.94. The highest BCUT2D eigenvalue weighted by atomic mass is 19.4. The molecule has 2 atom stereocenters. The molecule has 1 N–H and O–H groups in total. The molecule has 3 heterocycles. The minimum atomic E-state index is -4.76. The number of carbonyl (C=O) groups excluding carboxylic acids is 1. The lowest BCUT2D eigenvalue weighted by Crippen LogP contribution is -2.64. The third kappa shape index (κ3) is 3.09. The Labute approximate surface area is 138 Å². The molecule has 1 aromatic rings. The van der Waals surface area contributed by atoms with Crippen molar-refractivity contribution in [3.63, 3.8) is 0 Å². The van der Waals surface area contributed by atoms with Crippen LogP contribution in [0.3, 0.4) is 0 Å². The first-order valence-electron chi connectivity index (χ1n) is 8.26. The van der Waals surface area contributed by atoms with Crippen molar-refractivity contribution in [3.8, 4) is 5.75 Å². The van der Waals surface area contributed by atoms with Crippen LogP contribution in [0.25, 0.3) is 0 Å². The summed E-state index contributed by atoms with van der Waals surface area (Å²) < 4.78 is 40.8. The van der Waals surface area contributed by atoms with Gasteiger partial charge in [0, 0.05) is 31.2 Å². The zero-order valence-electron chi connectivity index (χ0n) is 13.1. The summed E-state index contributed by atoms with van der Waals surface area (Å²) in [6.45, 7) is 3.19. The summed E-state index contributed by atoms with van der Waals surface area (Å²) >= 11 is 0. The van der Waals surface area contributed by atoms with E-state index >= 15 is 0 Å². The van der Waals surface area contributed by atoms with Crippen LogP contribution in [0.4, 0.5) is 13.2 Å². The molecule has 4 fully saturated rings. The van der Waals surface area contributed by atoms with Gasteiger partial charge in [-0.05, 0) is 48.8 Å². The monoisotopic (exact) mass is 340 g/mol. The number of ether oxygens (including phenoxy) is 1. The van der Waals surface area contributed by atoms with Crippen molar-refractivity contribution in [1.29, 1.82) is 0 Å². The Morgan fingerprint density at radius 3 is 2.50 bits per heavy atom. The van der Waals surface area contributed by atoms with Gasteiger partial charge in [-0.3, -0.25) is 4.79 Å². The van der Waals surface area contributed by atoms with E-state index < -0.39 is 6.36 Å². The predicted octanol–water partition coefficient (Wildman–Crippen LogP) is 2.66. The van der Waals surface area contributed by atoms with E-state index in [2.05, 4.69) is 15.0 Å². The van der Waals surface area contributed by atoms with Gasteiger partial charge in [-0.1, -0.05) is 6.07 Å². The van der Waals surface area contributed by atoms with Gasteiger partial charge in [-0.15, -0.1) is 13.2 Å². The number of nitrogens with zero attached hydrogens (tertiary/aromatic N) is 1. The molecule has 5 rings (SSSR count). The molecule has 0 spiro atoms. The smallest absolute Gasteiger partial charge is 0.406 e. The van der Waals surface area contributed by atoms with E-state index in [-0.39, 0.29) is 23.3 Å². The Morgan fingerprint density at radius 1 is 1.17 bits per heavy atom. The molecule has 1 saturated carbocycles. The fourth-order valence-electron chi connectivity index (χ4n) is 4.71. The summed E-state index contributed by atoms with van der Waals surface area (Å²) in [7, 11) is 0. The van der Waals surface area contributed by atoms with Crippen LogP contribution in [0.1, 0.15) is 23.2 Å². The quantitative estimate of drug-likeness (QED) is 0.920.